The molecule has 0 heterocycles. The SMILES string of the molecule is CCC(C)C(NC(=O)[C@@H](C)CO)C(=O)NC(C(N)=O)C(C)C. The van der Waals surface area contributed by atoms with E-state index in [0.717, 1.165) is 0 Å². The zero-order valence-corrected chi connectivity index (χ0v) is 14.1. The topological polar surface area (TPSA) is 122 Å². The molecule has 0 aliphatic heterocycles. The van der Waals surface area contributed by atoms with Crippen molar-refractivity contribution < 1.29 is 19.5 Å². The molecule has 0 rings (SSSR count). The van der Waals surface area contributed by atoms with Crippen molar-refractivity contribution in [2.45, 2.75) is 53.1 Å². The quantitative estimate of drug-likeness (QED) is 0.469. The Hall–Kier alpha value is -1.63. The number of hydrogen-bond donors (Lipinski definition) is 4. The predicted octanol–water partition coefficient (Wildman–Crippen LogP) is -0.228. The molecule has 0 saturated heterocycles. The summed E-state index contributed by atoms with van der Waals surface area (Å²) in [5.74, 6) is -2.31. The van der Waals surface area contributed by atoms with Gasteiger partial charge in [0.25, 0.3) is 0 Å². The van der Waals surface area contributed by atoms with Gasteiger partial charge < -0.3 is 21.5 Å². The first-order chi connectivity index (χ1) is 10.1. The molecule has 128 valence electrons. The zero-order chi connectivity index (χ0) is 17.4. The number of hydrogen-bond acceptors (Lipinski definition) is 4. The van der Waals surface area contributed by atoms with Crippen LogP contribution < -0.4 is 16.4 Å². The molecule has 0 saturated carbocycles. The molecule has 4 atom stereocenters. The highest BCUT2D eigenvalue weighted by atomic mass is 16.3. The van der Waals surface area contributed by atoms with Crippen LogP contribution in [0.15, 0.2) is 0 Å². The predicted molar refractivity (Wildman–Crippen MR) is 83.6 cm³/mol. The normalized spacial score (nSPS) is 16.5. The molecule has 0 spiro atoms. The lowest BCUT2D eigenvalue weighted by atomic mass is 9.96. The van der Waals surface area contributed by atoms with Crippen LogP contribution >= 0.6 is 0 Å². The van der Waals surface area contributed by atoms with Gasteiger partial charge in [-0.1, -0.05) is 41.0 Å². The summed E-state index contributed by atoms with van der Waals surface area (Å²) in [5.41, 5.74) is 5.29. The average molecular weight is 315 g/mol. The third-order valence-corrected chi connectivity index (χ3v) is 3.79. The van der Waals surface area contributed by atoms with E-state index in [4.69, 9.17) is 10.8 Å². The molecule has 0 bridgehead atoms. The van der Waals surface area contributed by atoms with E-state index in [0.29, 0.717) is 6.42 Å². The Morgan fingerprint density at radius 2 is 1.50 bits per heavy atom. The van der Waals surface area contributed by atoms with Crippen molar-refractivity contribution in [3.8, 4) is 0 Å². The highest BCUT2D eigenvalue weighted by molar-refractivity contribution is 5.92. The van der Waals surface area contributed by atoms with Gasteiger partial charge >= 0.3 is 0 Å². The van der Waals surface area contributed by atoms with Gasteiger partial charge in [-0.25, -0.2) is 0 Å². The van der Waals surface area contributed by atoms with Gasteiger partial charge in [0.1, 0.15) is 12.1 Å². The summed E-state index contributed by atoms with van der Waals surface area (Å²) >= 11 is 0. The number of carbonyl (C=O) groups is 3. The van der Waals surface area contributed by atoms with Crippen molar-refractivity contribution in [2.24, 2.45) is 23.5 Å². The first-order valence-corrected chi connectivity index (χ1v) is 7.66. The Morgan fingerprint density at radius 3 is 1.86 bits per heavy atom. The Labute approximate surface area is 132 Å². The number of amides is 3. The molecule has 7 heteroatoms. The largest absolute Gasteiger partial charge is 0.396 e. The van der Waals surface area contributed by atoms with Gasteiger partial charge in [-0.05, 0) is 11.8 Å². The van der Waals surface area contributed by atoms with Crippen molar-refractivity contribution >= 4 is 17.7 Å². The minimum atomic E-state index is -0.786. The van der Waals surface area contributed by atoms with Gasteiger partial charge in [0.2, 0.25) is 17.7 Å². The van der Waals surface area contributed by atoms with Crippen LogP contribution in [0.3, 0.4) is 0 Å². The average Bonchev–Trinajstić information content (AvgIpc) is 2.47. The van der Waals surface area contributed by atoms with Gasteiger partial charge in [0, 0.05) is 0 Å². The van der Waals surface area contributed by atoms with Crippen LogP contribution in [0.2, 0.25) is 0 Å². The lowest BCUT2D eigenvalue weighted by Gasteiger charge is -2.27. The lowest BCUT2D eigenvalue weighted by Crippen LogP contribution is -2.57. The molecule has 0 aliphatic carbocycles. The molecule has 5 N–H and O–H groups in total. The van der Waals surface area contributed by atoms with Gasteiger partial charge in [-0.15, -0.1) is 0 Å². The van der Waals surface area contributed by atoms with Crippen LogP contribution in [0.25, 0.3) is 0 Å². The molecule has 3 amide bonds. The van der Waals surface area contributed by atoms with Gasteiger partial charge in [0.15, 0.2) is 0 Å². The van der Waals surface area contributed by atoms with Crippen molar-refractivity contribution in [3.63, 3.8) is 0 Å². The van der Waals surface area contributed by atoms with Crippen LogP contribution in [-0.2, 0) is 14.4 Å². The second-order valence-electron chi connectivity index (χ2n) is 6.09. The molecule has 7 nitrogen and oxygen atoms in total. The molecule has 0 aromatic rings. The van der Waals surface area contributed by atoms with Crippen molar-refractivity contribution in [1.82, 2.24) is 10.6 Å². The Morgan fingerprint density at radius 1 is 1.00 bits per heavy atom. The Balaban J connectivity index is 5.06. The van der Waals surface area contributed by atoms with Gasteiger partial charge in [-0.3, -0.25) is 14.4 Å². The summed E-state index contributed by atoms with van der Waals surface area (Å²) in [7, 11) is 0. The zero-order valence-electron chi connectivity index (χ0n) is 14.1. The standard InChI is InChI=1S/C15H29N3O4/c1-6-9(4)12(18-14(21)10(5)7-19)15(22)17-11(8(2)3)13(16)20/h8-12,19H,6-7H2,1-5H3,(H2,16,20)(H,17,22)(H,18,21)/t9?,10-,11?,12?/m0/s1. The van der Waals surface area contributed by atoms with E-state index in [1.807, 2.05) is 13.8 Å². The summed E-state index contributed by atoms with van der Waals surface area (Å²) in [6, 6.07) is -1.56. The van der Waals surface area contributed by atoms with Crippen LogP contribution in [0.5, 0.6) is 0 Å². The van der Waals surface area contributed by atoms with Gasteiger partial charge in [-0.2, -0.15) is 0 Å². The number of nitrogens with two attached hydrogens (primary N) is 1. The molecular formula is C15H29N3O4. The summed E-state index contributed by atoms with van der Waals surface area (Å²) in [6.07, 6.45) is 0.675. The summed E-state index contributed by atoms with van der Waals surface area (Å²) < 4.78 is 0. The number of primary amides is 1. The molecular weight excluding hydrogens is 286 g/mol. The fourth-order valence-corrected chi connectivity index (χ4v) is 1.89. The lowest BCUT2D eigenvalue weighted by molar-refractivity contribution is -0.134. The fourth-order valence-electron chi connectivity index (χ4n) is 1.89. The Kier molecular flexibility index (Phi) is 8.70. The smallest absolute Gasteiger partial charge is 0.243 e. The van der Waals surface area contributed by atoms with Crippen LogP contribution in [-0.4, -0.2) is 41.5 Å². The van der Waals surface area contributed by atoms with Crippen LogP contribution in [0.1, 0.15) is 41.0 Å². The second-order valence-corrected chi connectivity index (χ2v) is 6.09. The van der Waals surface area contributed by atoms with Crippen molar-refractivity contribution in [1.29, 1.82) is 0 Å². The van der Waals surface area contributed by atoms with Crippen molar-refractivity contribution in [3.05, 3.63) is 0 Å². The molecule has 3 unspecified atom stereocenters. The number of rotatable bonds is 9. The van der Waals surface area contributed by atoms with E-state index in [2.05, 4.69) is 10.6 Å². The molecule has 0 aromatic heterocycles. The number of carbonyl (C=O) groups excluding carboxylic acids is 3. The molecule has 0 radical (unpaired) electrons. The maximum absolute atomic E-state index is 12.4. The summed E-state index contributed by atoms with van der Waals surface area (Å²) in [6.45, 7) is 8.57. The number of aliphatic hydroxyl groups is 1. The van der Waals surface area contributed by atoms with E-state index >= 15 is 0 Å². The van der Waals surface area contributed by atoms with E-state index in [1.54, 1.807) is 20.8 Å². The maximum atomic E-state index is 12.4. The highest BCUT2D eigenvalue weighted by Gasteiger charge is 2.31. The minimum absolute atomic E-state index is 0.115. The summed E-state index contributed by atoms with van der Waals surface area (Å²) in [4.78, 5) is 35.7. The fraction of sp³-hybridized carbons (Fsp3) is 0.800. The third kappa shape index (κ3) is 6.01. The van der Waals surface area contributed by atoms with E-state index in [9.17, 15) is 14.4 Å². The monoisotopic (exact) mass is 315 g/mol. The molecule has 0 fully saturated rings. The van der Waals surface area contributed by atoms with Crippen molar-refractivity contribution in [2.75, 3.05) is 6.61 Å². The Bertz CT molecular complexity index is 398. The van der Waals surface area contributed by atoms with Crippen LogP contribution in [0.4, 0.5) is 0 Å². The first-order valence-electron chi connectivity index (χ1n) is 7.66. The van der Waals surface area contributed by atoms with E-state index < -0.39 is 35.7 Å². The minimum Gasteiger partial charge on any atom is -0.396 e. The molecule has 0 aliphatic rings. The maximum Gasteiger partial charge on any atom is 0.243 e. The third-order valence-electron chi connectivity index (χ3n) is 3.79. The van der Waals surface area contributed by atoms with E-state index in [1.165, 1.54) is 0 Å². The second kappa shape index (κ2) is 9.40. The summed E-state index contributed by atoms with van der Waals surface area (Å²) in [5, 5.41) is 14.3. The van der Waals surface area contributed by atoms with Crippen LogP contribution in [0, 0.1) is 17.8 Å². The molecule has 0 aromatic carbocycles. The van der Waals surface area contributed by atoms with E-state index in [-0.39, 0.29) is 18.4 Å². The first kappa shape index (κ1) is 20.4. The molecule has 22 heavy (non-hydrogen) atoms. The highest BCUT2D eigenvalue weighted by Crippen LogP contribution is 2.11. The number of nitrogens with one attached hydrogen (secondary N) is 2. The number of aliphatic hydroxyl groups excluding tert-OH is 1. The van der Waals surface area contributed by atoms with Gasteiger partial charge in [0.05, 0.1) is 12.5 Å².